The maximum absolute atomic E-state index is 13.6. The van der Waals surface area contributed by atoms with Gasteiger partial charge in [0.15, 0.2) is 0 Å². The number of fused-ring (bicyclic) bond motifs is 1. The van der Waals surface area contributed by atoms with Gasteiger partial charge >= 0.3 is 0 Å². The summed E-state index contributed by atoms with van der Waals surface area (Å²) in [6, 6.07) is 25.2. The number of hydrogen-bond donors (Lipinski definition) is 1. The van der Waals surface area contributed by atoms with Crippen molar-refractivity contribution in [3.63, 3.8) is 0 Å². The fourth-order valence-electron chi connectivity index (χ4n) is 3.65. The first-order valence-electron chi connectivity index (χ1n) is 10.8. The number of hydrogen-bond acceptors (Lipinski definition) is 3. The second-order valence-electron chi connectivity index (χ2n) is 8.04. The number of halogens is 1. The molecule has 4 aromatic rings. The number of nitriles is 1. The molecule has 0 radical (unpaired) electrons. The van der Waals surface area contributed by atoms with Crippen LogP contribution in [0.15, 0.2) is 84.4 Å². The predicted molar refractivity (Wildman–Crippen MR) is 133 cm³/mol. The summed E-state index contributed by atoms with van der Waals surface area (Å²) in [5.41, 5.74) is 4.02. The van der Waals surface area contributed by atoms with Crippen molar-refractivity contribution in [2.75, 3.05) is 5.32 Å². The summed E-state index contributed by atoms with van der Waals surface area (Å²) in [5, 5.41) is 14.4. The van der Waals surface area contributed by atoms with Crippen molar-refractivity contribution in [1.29, 1.82) is 5.26 Å². The number of benzene rings is 4. The van der Waals surface area contributed by atoms with Crippen LogP contribution >= 0.6 is 0 Å². The molecule has 4 aromatic carbocycles. The van der Waals surface area contributed by atoms with Gasteiger partial charge in [-0.25, -0.2) is 4.39 Å². The Bertz CT molecular complexity index is 1450. The molecule has 0 bridgehead atoms. The number of nitrogens with one attached hydrogen (secondary N) is 1. The number of nitrogens with zero attached hydrogens (tertiary/aromatic N) is 1. The zero-order chi connectivity index (χ0) is 24.1. The second kappa shape index (κ2) is 10.0. The zero-order valence-corrected chi connectivity index (χ0v) is 18.9. The zero-order valence-electron chi connectivity index (χ0n) is 18.9. The van der Waals surface area contributed by atoms with E-state index in [2.05, 4.69) is 5.32 Å². The van der Waals surface area contributed by atoms with Gasteiger partial charge in [0.1, 0.15) is 29.8 Å². The van der Waals surface area contributed by atoms with Crippen molar-refractivity contribution in [3.05, 3.63) is 113 Å². The van der Waals surface area contributed by atoms with Crippen LogP contribution in [0.1, 0.15) is 22.3 Å². The third kappa shape index (κ3) is 5.13. The molecule has 1 N–H and O–H groups in total. The Hall–Kier alpha value is -4.43. The lowest BCUT2D eigenvalue weighted by molar-refractivity contribution is -0.112. The maximum Gasteiger partial charge on any atom is 0.266 e. The van der Waals surface area contributed by atoms with Gasteiger partial charge < -0.3 is 10.1 Å². The number of ether oxygens (including phenoxy) is 1. The third-order valence-electron chi connectivity index (χ3n) is 5.63. The SMILES string of the molecule is Cc1ccc(NC(=O)/C(C#N)=C/c2c(OCc3cccc(F)c3)ccc3ccccc23)cc1C. The minimum Gasteiger partial charge on any atom is -0.488 e. The van der Waals surface area contributed by atoms with E-state index in [1.807, 2.05) is 62.4 Å². The molecular weight excluding hydrogens is 427 g/mol. The summed E-state index contributed by atoms with van der Waals surface area (Å²) in [6.07, 6.45) is 1.54. The minimum atomic E-state index is -0.505. The molecule has 34 heavy (non-hydrogen) atoms. The monoisotopic (exact) mass is 450 g/mol. The molecule has 0 aliphatic carbocycles. The fraction of sp³-hybridized carbons (Fsp3) is 0.103. The van der Waals surface area contributed by atoms with E-state index in [0.717, 1.165) is 21.9 Å². The van der Waals surface area contributed by atoms with Gasteiger partial charge in [-0.15, -0.1) is 0 Å². The maximum atomic E-state index is 13.6. The Kier molecular flexibility index (Phi) is 6.70. The fourth-order valence-corrected chi connectivity index (χ4v) is 3.65. The van der Waals surface area contributed by atoms with Gasteiger partial charge in [-0.1, -0.05) is 48.5 Å². The minimum absolute atomic E-state index is 0.0508. The van der Waals surface area contributed by atoms with E-state index in [0.29, 0.717) is 22.6 Å². The van der Waals surface area contributed by atoms with Gasteiger partial charge in [0.25, 0.3) is 5.91 Å². The summed E-state index contributed by atoms with van der Waals surface area (Å²) in [7, 11) is 0. The average Bonchev–Trinajstić information content (AvgIpc) is 2.83. The highest BCUT2D eigenvalue weighted by atomic mass is 19.1. The molecule has 0 aliphatic heterocycles. The first-order chi connectivity index (χ1) is 16.4. The molecule has 0 unspecified atom stereocenters. The molecule has 4 rings (SSSR count). The van der Waals surface area contributed by atoms with E-state index in [9.17, 15) is 14.4 Å². The molecule has 1 amide bonds. The Morgan fingerprint density at radius 3 is 2.59 bits per heavy atom. The molecule has 0 fully saturated rings. The number of carbonyl (C=O) groups excluding carboxylic acids is 1. The van der Waals surface area contributed by atoms with Crippen LogP contribution in [0.3, 0.4) is 0 Å². The number of anilines is 1. The highest BCUT2D eigenvalue weighted by molar-refractivity contribution is 6.11. The molecule has 168 valence electrons. The highest BCUT2D eigenvalue weighted by Crippen LogP contribution is 2.31. The molecular formula is C29H23FN2O2. The largest absolute Gasteiger partial charge is 0.488 e. The van der Waals surface area contributed by atoms with Crippen molar-refractivity contribution >= 4 is 28.4 Å². The van der Waals surface area contributed by atoms with Crippen LogP contribution in [0.4, 0.5) is 10.1 Å². The molecule has 0 saturated heterocycles. The van der Waals surface area contributed by atoms with Crippen LogP contribution < -0.4 is 10.1 Å². The van der Waals surface area contributed by atoms with Gasteiger partial charge in [-0.05, 0) is 77.7 Å². The molecule has 0 spiro atoms. The van der Waals surface area contributed by atoms with Crippen LogP contribution in [-0.2, 0) is 11.4 Å². The Morgan fingerprint density at radius 2 is 1.82 bits per heavy atom. The summed E-state index contributed by atoms with van der Waals surface area (Å²) in [4.78, 5) is 12.9. The lowest BCUT2D eigenvalue weighted by Crippen LogP contribution is -2.13. The molecule has 5 heteroatoms. The molecule has 0 heterocycles. The first-order valence-corrected chi connectivity index (χ1v) is 10.8. The number of carbonyl (C=O) groups is 1. The summed E-state index contributed by atoms with van der Waals surface area (Å²) in [6.45, 7) is 4.10. The van der Waals surface area contributed by atoms with Gasteiger partial charge in [-0.2, -0.15) is 5.26 Å². The average molecular weight is 451 g/mol. The molecule has 0 atom stereocenters. The van der Waals surface area contributed by atoms with Crippen molar-refractivity contribution in [3.8, 4) is 11.8 Å². The quantitative estimate of drug-likeness (QED) is 0.262. The van der Waals surface area contributed by atoms with Crippen molar-refractivity contribution in [2.24, 2.45) is 0 Å². The second-order valence-corrected chi connectivity index (χ2v) is 8.04. The molecule has 4 nitrogen and oxygen atoms in total. The van der Waals surface area contributed by atoms with E-state index >= 15 is 0 Å². The molecule has 0 aromatic heterocycles. The number of aryl methyl sites for hydroxylation is 2. The van der Waals surface area contributed by atoms with E-state index in [4.69, 9.17) is 4.74 Å². The normalized spacial score (nSPS) is 11.2. The highest BCUT2D eigenvalue weighted by Gasteiger charge is 2.14. The lowest BCUT2D eigenvalue weighted by atomic mass is 10.0. The number of rotatable bonds is 6. The van der Waals surface area contributed by atoms with Crippen LogP contribution in [0.5, 0.6) is 5.75 Å². The van der Waals surface area contributed by atoms with E-state index in [-0.39, 0.29) is 18.0 Å². The van der Waals surface area contributed by atoms with E-state index in [1.165, 1.54) is 12.1 Å². The van der Waals surface area contributed by atoms with Crippen LogP contribution in [0.25, 0.3) is 16.8 Å². The summed E-state index contributed by atoms with van der Waals surface area (Å²) >= 11 is 0. The van der Waals surface area contributed by atoms with E-state index < -0.39 is 5.91 Å². The van der Waals surface area contributed by atoms with Crippen molar-refractivity contribution < 1.29 is 13.9 Å². The smallest absolute Gasteiger partial charge is 0.266 e. The molecule has 0 aliphatic rings. The van der Waals surface area contributed by atoms with Gasteiger partial charge in [0, 0.05) is 11.3 Å². The van der Waals surface area contributed by atoms with Gasteiger partial charge in [0.05, 0.1) is 0 Å². The standard InChI is InChI=1S/C29H23FN2O2/c1-19-10-12-25(14-20(19)2)32-29(33)23(17-31)16-27-26-9-4-3-7-22(26)11-13-28(27)34-18-21-6-5-8-24(30)15-21/h3-16H,18H2,1-2H3,(H,32,33)/b23-16+. The van der Waals surface area contributed by atoms with Crippen LogP contribution in [0.2, 0.25) is 0 Å². The van der Waals surface area contributed by atoms with Gasteiger partial charge in [-0.3, -0.25) is 4.79 Å². The lowest BCUT2D eigenvalue weighted by Gasteiger charge is -2.13. The predicted octanol–water partition coefficient (Wildman–Crippen LogP) is 6.72. The molecule has 0 saturated carbocycles. The summed E-state index contributed by atoms with van der Waals surface area (Å²) in [5.74, 6) is -0.348. The van der Waals surface area contributed by atoms with Gasteiger partial charge in [0.2, 0.25) is 0 Å². The Balaban J connectivity index is 1.69. The van der Waals surface area contributed by atoms with Crippen LogP contribution in [-0.4, -0.2) is 5.91 Å². The Morgan fingerprint density at radius 1 is 1.00 bits per heavy atom. The van der Waals surface area contributed by atoms with E-state index in [1.54, 1.807) is 30.3 Å². The van der Waals surface area contributed by atoms with Crippen molar-refractivity contribution in [1.82, 2.24) is 0 Å². The third-order valence-corrected chi connectivity index (χ3v) is 5.63. The topological polar surface area (TPSA) is 62.1 Å². The summed E-state index contributed by atoms with van der Waals surface area (Å²) < 4.78 is 19.6. The Labute approximate surface area is 197 Å². The van der Waals surface area contributed by atoms with Crippen molar-refractivity contribution in [2.45, 2.75) is 20.5 Å². The first kappa shape index (κ1) is 22.8. The number of amides is 1. The van der Waals surface area contributed by atoms with Crippen LogP contribution in [0, 0.1) is 31.0 Å².